The number of fused-ring (bicyclic) bond motifs is 1. The summed E-state index contributed by atoms with van der Waals surface area (Å²) in [4.78, 5) is 11.6. The fraction of sp³-hybridized carbons (Fsp3) is 0.438. The number of ether oxygens (including phenoxy) is 1. The zero-order chi connectivity index (χ0) is 15.6. The molecule has 2 rings (SSSR count). The molecule has 2 aromatic rings. The van der Waals surface area contributed by atoms with Crippen molar-refractivity contribution in [1.82, 2.24) is 9.88 Å². The Balaban J connectivity index is 2.01. The van der Waals surface area contributed by atoms with Crippen LogP contribution >= 0.6 is 0 Å². The Morgan fingerprint density at radius 3 is 2.76 bits per heavy atom. The molecule has 1 heterocycles. The summed E-state index contributed by atoms with van der Waals surface area (Å²) in [5, 5.41) is 13.4. The van der Waals surface area contributed by atoms with E-state index in [9.17, 15) is 9.90 Å². The summed E-state index contributed by atoms with van der Waals surface area (Å²) in [7, 11) is 1.96. The Morgan fingerprint density at radius 2 is 2.10 bits per heavy atom. The highest BCUT2D eigenvalue weighted by atomic mass is 16.6. The highest BCUT2D eigenvalue weighted by Gasteiger charge is 2.15. The van der Waals surface area contributed by atoms with E-state index in [2.05, 4.69) is 5.32 Å². The standard InChI is InChI=1S/C16H22N2O3/c1-16(2,3)21-15(20)17-8-7-11-10-18(4)14-6-5-12(19)9-13(11)14/h5-6,9-10,19H,7-8H2,1-4H3,(H,17,20). The zero-order valence-electron chi connectivity index (χ0n) is 12.9. The minimum atomic E-state index is -0.491. The summed E-state index contributed by atoms with van der Waals surface area (Å²) in [6.45, 7) is 5.99. The van der Waals surface area contributed by atoms with Gasteiger partial charge in [0.25, 0.3) is 0 Å². The van der Waals surface area contributed by atoms with Crippen molar-refractivity contribution in [2.75, 3.05) is 6.54 Å². The van der Waals surface area contributed by atoms with Crippen LogP contribution in [0.5, 0.6) is 5.75 Å². The van der Waals surface area contributed by atoms with Crippen molar-refractivity contribution in [3.63, 3.8) is 0 Å². The molecule has 114 valence electrons. The first kappa shape index (κ1) is 15.2. The fourth-order valence-electron chi connectivity index (χ4n) is 2.27. The van der Waals surface area contributed by atoms with Crippen molar-refractivity contribution in [3.8, 4) is 5.75 Å². The molecular weight excluding hydrogens is 268 g/mol. The molecule has 1 aromatic carbocycles. The van der Waals surface area contributed by atoms with Gasteiger partial charge in [-0.05, 0) is 51.0 Å². The molecule has 21 heavy (non-hydrogen) atoms. The average molecular weight is 290 g/mol. The maximum absolute atomic E-state index is 11.6. The van der Waals surface area contributed by atoms with Crippen LogP contribution in [0.1, 0.15) is 26.3 Å². The second-order valence-electron chi connectivity index (χ2n) is 6.15. The quantitative estimate of drug-likeness (QED) is 0.913. The molecule has 0 fully saturated rings. The number of aromatic hydroxyl groups is 1. The number of nitrogens with zero attached hydrogens (tertiary/aromatic N) is 1. The van der Waals surface area contributed by atoms with Crippen molar-refractivity contribution >= 4 is 17.0 Å². The Morgan fingerprint density at radius 1 is 1.38 bits per heavy atom. The number of rotatable bonds is 3. The van der Waals surface area contributed by atoms with Crippen molar-refractivity contribution in [1.29, 1.82) is 0 Å². The molecule has 1 amide bonds. The molecule has 0 aliphatic rings. The van der Waals surface area contributed by atoms with Gasteiger partial charge in [-0.3, -0.25) is 0 Å². The summed E-state index contributed by atoms with van der Waals surface area (Å²) in [6, 6.07) is 5.30. The minimum Gasteiger partial charge on any atom is -0.508 e. The number of amides is 1. The van der Waals surface area contributed by atoms with Crippen LogP contribution in [0.25, 0.3) is 10.9 Å². The Kier molecular flexibility index (Phi) is 4.11. The van der Waals surface area contributed by atoms with E-state index in [1.807, 2.05) is 44.6 Å². The number of phenolic OH excluding ortho intramolecular Hbond substituents is 1. The van der Waals surface area contributed by atoms with Crippen LogP contribution in [-0.4, -0.2) is 27.9 Å². The first-order valence-corrected chi connectivity index (χ1v) is 7.00. The third-order valence-corrected chi connectivity index (χ3v) is 3.12. The predicted molar refractivity (Wildman–Crippen MR) is 82.5 cm³/mol. The van der Waals surface area contributed by atoms with Crippen LogP contribution < -0.4 is 5.32 Å². The molecule has 2 N–H and O–H groups in total. The third-order valence-electron chi connectivity index (χ3n) is 3.12. The lowest BCUT2D eigenvalue weighted by atomic mass is 10.1. The summed E-state index contributed by atoms with van der Waals surface area (Å²) in [5.41, 5.74) is 1.65. The lowest BCUT2D eigenvalue weighted by Gasteiger charge is -2.19. The first-order chi connectivity index (χ1) is 9.76. The topological polar surface area (TPSA) is 63.5 Å². The van der Waals surface area contributed by atoms with Crippen LogP contribution in [0.4, 0.5) is 4.79 Å². The molecule has 0 unspecified atom stereocenters. The van der Waals surface area contributed by atoms with Gasteiger partial charge >= 0.3 is 6.09 Å². The number of phenols is 1. The lowest BCUT2D eigenvalue weighted by Crippen LogP contribution is -2.33. The molecule has 0 aliphatic heterocycles. The van der Waals surface area contributed by atoms with E-state index in [1.54, 1.807) is 12.1 Å². The summed E-state index contributed by atoms with van der Waals surface area (Å²) in [5.74, 6) is 0.245. The number of nitrogens with one attached hydrogen (secondary N) is 1. The van der Waals surface area contributed by atoms with Crippen molar-refractivity contribution in [3.05, 3.63) is 30.0 Å². The molecule has 0 radical (unpaired) electrons. The SMILES string of the molecule is Cn1cc(CCNC(=O)OC(C)(C)C)c2cc(O)ccc21. The number of hydrogen-bond donors (Lipinski definition) is 2. The second kappa shape index (κ2) is 5.68. The van der Waals surface area contributed by atoms with Gasteiger partial charge in [0.2, 0.25) is 0 Å². The minimum absolute atomic E-state index is 0.245. The Bertz CT molecular complexity index is 653. The van der Waals surface area contributed by atoms with E-state index < -0.39 is 11.7 Å². The van der Waals surface area contributed by atoms with Gasteiger partial charge in [-0.15, -0.1) is 0 Å². The van der Waals surface area contributed by atoms with Crippen LogP contribution in [0.15, 0.2) is 24.4 Å². The fourth-order valence-corrected chi connectivity index (χ4v) is 2.27. The number of aryl methyl sites for hydroxylation is 1. The van der Waals surface area contributed by atoms with Gasteiger partial charge in [-0.1, -0.05) is 0 Å². The smallest absolute Gasteiger partial charge is 0.407 e. The van der Waals surface area contributed by atoms with Crippen LogP contribution in [0.3, 0.4) is 0 Å². The molecule has 0 bridgehead atoms. The molecule has 5 heteroatoms. The van der Waals surface area contributed by atoms with Crippen molar-refractivity contribution in [2.45, 2.75) is 32.8 Å². The van der Waals surface area contributed by atoms with E-state index in [4.69, 9.17) is 4.74 Å². The maximum atomic E-state index is 11.6. The number of benzene rings is 1. The molecule has 5 nitrogen and oxygen atoms in total. The normalized spacial score (nSPS) is 11.6. The van der Waals surface area contributed by atoms with Crippen molar-refractivity contribution in [2.24, 2.45) is 7.05 Å². The van der Waals surface area contributed by atoms with Gasteiger partial charge < -0.3 is 19.7 Å². The number of alkyl carbamates (subject to hydrolysis) is 1. The summed E-state index contributed by atoms with van der Waals surface area (Å²) < 4.78 is 7.20. The number of carbonyl (C=O) groups is 1. The maximum Gasteiger partial charge on any atom is 0.407 e. The number of carbonyl (C=O) groups excluding carboxylic acids is 1. The highest BCUT2D eigenvalue weighted by Crippen LogP contribution is 2.25. The molecule has 0 atom stereocenters. The lowest BCUT2D eigenvalue weighted by molar-refractivity contribution is 0.0528. The predicted octanol–water partition coefficient (Wildman–Crippen LogP) is 2.95. The molecule has 1 aromatic heterocycles. The zero-order valence-corrected chi connectivity index (χ0v) is 12.9. The van der Waals surface area contributed by atoms with E-state index >= 15 is 0 Å². The van der Waals surface area contributed by atoms with E-state index in [0.717, 1.165) is 16.5 Å². The van der Waals surface area contributed by atoms with Crippen LogP contribution in [0, 0.1) is 0 Å². The monoisotopic (exact) mass is 290 g/mol. The average Bonchev–Trinajstić information content (AvgIpc) is 2.63. The first-order valence-electron chi connectivity index (χ1n) is 7.00. The molecular formula is C16H22N2O3. The third kappa shape index (κ3) is 3.90. The Hall–Kier alpha value is -2.17. The van der Waals surface area contributed by atoms with Crippen LogP contribution in [-0.2, 0) is 18.2 Å². The van der Waals surface area contributed by atoms with Gasteiger partial charge in [0.15, 0.2) is 0 Å². The van der Waals surface area contributed by atoms with Crippen LogP contribution in [0.2, 0.25) is 0 Å². The van der Waals surface area contributed by atoms with Gasteiger partial charge in [-0.2, -0.15) is 0 Å². The molecule has 0 saturated heterocycles. The van der Waals surface area contributed by atoms with E-state index in [-0.39, 0.29) is 5.75 Å². The Labute approximate surface area is 124 Å². The van der Waals surface area contributed by atoms with Gasteiger partial charge in [0.05, 0.1) is 0 Å². The molecule has 0 saturated carbocycles. The largest absolute Gasteiger partial charge is 0.508 e. The van der Waals surface area contributed by atoms with E-state index in [1.165, 1.54) is 0 Å². The van der Waals surface area contributed by atoms with Crippen molar-refractivity contribution < 1.29 is 14.6 Å². The van der Waals surface area contributed by atoms with Gasteiger partial charge in [-0.25, -0.2) is 4.79 Å². The number of aromatic nitrogens is 1. The van der Waals surface area contributed by atoms with Gasteiger partial charge in [0, 0.05) is 30.7 Å². The summed E-state index contributed by atoms with van der Waals surface area (Å²) in [6.07, 6.45) is 2.28. The van der Waals surface area contributed by atoms with Gasteiger partial charge in [0.1, 0.15) is 11.4 Å². The number of hydrogen-bond acceptors (Lipinski definition) is 3. The highest BCUT2D eigenvalue weighted by molar-refractivity contribution is 5.85. The molecule has 0 aliphatic carbocycles. The second-order valence-corrected chi connectivity index (χ2v) is 6.15. The summed E-state index contributed by atoms with van der Waals surface area (Å²) >= 11 is 0. The van der Waals surface area contributed by atoms with E-state index in [0.29, 0.717) is 13.0 Å². The molecule has 0 spiro atoms.